The summed E-state index contributed by atoms with van der Waals surface area (Å²) in [6.45, 7) is 3.10. The van der Waals surface area contributed by atoms with Gasteiger partial charge in [0, 0.05) is 39.4 Å². The van der Waals surface area contributed by atoms with Gasteiger partial charge < -0.3 is 9.80 Å². The van der Waals surface area contributed by atoms with Gasteiger partial charge in [-0.2, -0.15) is 0 Å². The van der Waals surface area contributed by atoms with Crippen molar-refractivity contribution in [3.05, 3.63) is 65.0 Å². The summed E-state index contributed by atoms with van der Waals surface area (Å²) < 4.78 is 13.2. The third kappa shape index (κ3) is 3.90. The van der Waals surface area contributed by atoms with Crippen molar-refractivity contribution in [2.24, 2.45) is 0 Å². The number of halogens is 1. The molecule has 0 aromatic heterocycles. The summed E-state index contributed by atoms with van der Waals surface area (Å²) in [6.07, 6.45) is 2.85. The molecule has 0 saturated carbocycles. The van der Waals surface area contributed by atoms with Crippen LogP contribution in [0.1, 0.15) is 29.5 Å². The summed E-state index contributed by atoms with van der Waals surface area (Å²) in [5.74, 6) is 0.0161. The molecule has 5 heteroatoms. The smallest absolute Gasteiger partial charge is 0.240 e. The Bertz CT molecular complexity index is 849. The quantitative estimate of drug-likeness (QED) is 0.812. The van der Waals surface area contributed by atoms with Crippen molar-refractivity contribution in [2.45, 2.75) is 38.4 Å². The molecular formula is C23H28FN3O. The first-order valence-corrected chi connectivity index (χ1v) is 10.1. The molecule has 2 aromatic carbocycles. The van der Waals surface area contributed by atoms with E-state index in [1.807, 2.05) is 31.1 Å². The van der Waals surface area contributed by atoms with Crippen molar-refractivity contribution >= 4 is 11.6 Å². The Balaban J connectivity index is 1.46. The Kier molecular flexibility index (Phi) is 5.36. The van der Waals surface area contributed by atoms with E-state index in [1.165, 1.54) is 28.9 Å². The number of carbonyl (C=O) groups excluding carboxylic acids is 1. The molecule has 0 unspecified atom stereocenters. The first-order valence-electron chi connectivity index (χ1n) is 10.1. The molecule has 0 spiro atoms. The van der Waals surface area contributed by atoms with E-state index in [-0.39, 0.29) is 17.8 Å². The minimum atomic E-state index is -0.220. The molecule has 2 heterocycles. The number of anilines is 1. The minimum absolute atomic E-state index is 0.0661. The van der Waals surface area contributed by atoms with Crippen molar-refractivity contribution in [3.63, 3.8) is 0 Å². The molecule has 2 aliphatic rings. The number of carbonyl (C=O) groups is 1. The Morgan fingerprint density at radius 3 is 2.64 bits per heavy atom. The van der Waals surface area contributed by atoms with Crippen LogP contribution in [0.5, 0.6) is 0 Å². The van der Waals surface area contributed by atoms with Crippen LogP contribution >= 0.6 is 0 Å². The number of fused-ring (bicyclic) bond motifs is 1. The fraction of sp³-hybridized carbons (Fsp3) is 0.435. The van der Waals surface area contributed by atoms with Gasteiger partial charge in [0.1, 0.15) is 5.82 Å². The van der Waals surface area contributed by atoms with E-state index in [1.54, 1.807) is 0 Å². The molecule has 2 aromatic rings. The van der Waals surface area contributed by atoms with E-state index in [0.717, 1.165) is 37.9 Å². The minimum Gasteiger partial charge on any atom is -0.378 e. The summed E-state index contributed by atoms with van der Waals surface area (Å²) in [7, 11) is 4.08. The monoisotopic (exact) mass is 381 g/mol. The number of nitrogens with zero attached hydrogens (tertiary/aromatic N) is 3. The lowest BCUT2D eigenvalue weighted by Gasteiger charge is -2.34. The molecule has 4 rings (SSSR count). The van der Waals surface area contributed by atoms with Gasteiger partial charge in [0.15, 0.2) is 0 Å². The van der Waals surface area contributed by atoms with E-state index in [2.05, 4.69) is 28.0 Å². The highest BCUT2D eigenvalue weighted by Gasteiger charge is 2.34. The highest BCUT2D eigenvalue weighted by molar-refractivity contribution is 5.82. The predicted octanol–water partition coefficient (Wildman–Crippen LogP) is 3.44. The Hall–Kier alpha value is -2.40. The van der Waals surface area contributed by atoms with Crippen LogP contribution in [0.25, 0.3) is 0 Å². The summed E-state index contributed by atoms with van der Waals surface area (Å²) >= 11 is 0. The van der Waals surface area contributed by atoms with E-state index >= 15 is 0 Å². The summed E-state index contributed by atoms with van der Waals surface area (Å²) in [6, 6.07) is 13.1. The van der Waals surface area contributed by atoms with Crippen LogP contribution in [0.4, 0.5) is 10.1 Å². The van der Waals surface area contributed by atoms with Gasteiger partial charge in [-0.15, -0.1) is 0 Å². The van der Waals surface area contributed by atoms with Gasteiger partial charge in [0.2, 0.25) is 5.91 Å². The van der Waals surface area contributed by atoms with Crippen LogP contribution in [0.3, 0.4) is 0 Å². The Morgan fingerprint density at radius 2 is 1.89 bits per heavy atom. The highest BCUT2D eigenvalue weighted by Crippen LogP contribution is 2.27. The number of hydrogen-bond acceptors (Lipinski definition) is 3. The largest absolute Gasteiger partial charge is 0.378 e. The molecule has 0 bridgehead atoms. The maximum atomic E-state index is 13.3. The molecule has 1 fully saturated rings. The second kappa shape index (κ2) is 7.92. The summed E-state index contributed by atoms with van der Waals surface area (Å²) in [5.41, 5.74) is 4.84. The number of rotatable bonds is 4. The third-order valence-corrected chi connectivity index (χ3v) is 5.98. The number of hydrogen-bond donors (Lipinski definition) is 0. The van der Waals surface area contributed by atoms with Crippen LogP contribution < -0.4 is 4.90 Å². The molecule has 0 aliphatic carbocycles. The maximum Gasteiger partial charge on any atom is 0.240 e. The maximum absolute atomic E-state index is 13.3. The zero-order chi connectivity index (χ0) is 19.7. The van der Waals surface area contributed by atoms with Crippen molar-refractivity contribution in [1.82, 2.24) is 9.80 Å². The fourth-order valence-electron chi connectivity index (χ4n) is 4.34. The Labute approximate surface area is 166 Å². The number of likely N-dealkylation sites (tertiary alicyclic amines) is 1. The second-order valence-electron chi connectivity index (χ2n) is 8.11. The predicted molar refractivity (Wildman–Crippen MR) is 110 cm³/mol. The summed E-state index contributed by atoms with van der Waals surface area (Å²) in [5, 5.41) is 0. The van der Waals surface area contributed by atoms with E-state index in [4.69, 9.17) is 0 Å². The van der Waals surface area contributed by atoms with Crippen LogP contribution in [0.2, 0.25) is 0 Å². The first-order chi connectivity index (χ1) is 13.5. The van der Waals surface area contributed by atoms with Crippen molar-refractivity contribution in [3.8, 4) is 0 Å². The lowest BCUT2D eigenvalue weighted by molar-refractivity contribution is -0.137. The van der Waals surface area contributed by atoms with Crippen molar-refractivity contribution in [2.75, 3.05) is 32.1 Å². The van der Waals surface area contributed by atoms with E-state index in [0.29, 0.717) is 13.1 Å². The average Bonchev–Trinajstić information content (AvgIpc) is 3.16. The van der Waals surface area contributed by atoms with Gasteiger partial charge >= 0.3 is 0 Å². The zero-order valence-electron chi connectivity index (χ0n) is 16.7. The van der Waals surface area contributed by atoms with Crippen LogP contribution in [-0.4, -0.2) is 48.9 Å². The topological polar surface area (TPSA) is 26.8 Å². The van der Waals surface area contributed by atoms with Crippen LogP contribution in [0.15, 0.2) is 42.5 Å². The van der Waals surface area contributed by atoms with Gasteiger partial charge in [-0.05, 0) is 66.8 Å². The highest BCUT2D eigenvalue weighted by atomic mass is 19.1. The van der Waals surface area contributed by atoms with Crippen molar-refractivity contribution in [1.29, 1.82) is 0 Å². The van der Waals surface area contributed by atoms with Crippen molar-refractivity contribution < 1.29 is 9.18 Å². The molecule has 0 radical (unpaired) electrons. The van der Waals surface area contributed by atoms with Gasteiger partial charge in [-0.3, -0.25) is 9.69 Å². The fourth-order valence-corrected chi connectivity index (χ4v) is 4.34. The van der Waals surface area contributed by atoms with Gasteiger partial charge in [-0.1, -0.05) is 18.2 Å². The molecule has 1 atom stereocenters. The Morgan fingerprint density at radius 1 is 1.11 bits per heavy atom. The lowest BCUT2D eigenvalue weighted by atomic mass is 9.98. The molecular weight excluding hydrogens is 353 g/mol. The van der Waals surface area contributed by atoms with E-state index in [9.17, 15) is 9.18 Å². The second-order valence-corrected chi connectivity index (χ2v) is 8.11. The van der Waals surface area contributed by atoms with E-state index < -0.39 is 0 Å². The standard InChI is InChI=1S/C23H28FN3O/c1-25(2)21-10-7-18-11-13-27(16-19(18)14-21)23(28)22-4-3-12-26(22)15-17-5-8-20(24)9-6-17/h5-10,14,22H,3-4,11-13,15-16H2,1-2H3/t22-/m0/s1. The SMILES string of the molecule is CN(C)c1ccc2c(c1)CN(C(=O)[C@@H]1CCCN1Cc1ccc(F)cc1)CC2. The first kappa shape index (κ1) is 18.9. The zero-order valence-corrected chi connectivity index (χ0v) is 16.7. The molecule has 28 heavy (non-hydrogen) atoms. The molecule has 2 aliphatic heterocycles. The van der Waals surface area contributed by atoms with Gasteiger partial charge in [0.05, 0.1) is 6.04 Å². The normalized spacial score (nSPS) is 19.5. The van der Waals surface area contributed by atoms with Crippen LogP contribution in [-0.2, 0) is 24.3 Å². The molecule has 1 amide bonds. The van der Waals surface area contributed by atoms with Gasteiger partial charge in [-0.25, -0.2) is 4.39 Å². The lowest BCUT2D eigenvalue weighted by Crippen LogP contribution is -2.47. The molecule has 0 N–H and O–H groups in total. The average molecular weight is 381 g/mol. The molecule has 1 saturated heterocycles. The number of amides is 1. The third-order valence-electron chi connectivity index (χ3n) is 5.98. The number of benzene rings is 2. The molecule has 4 nitrogen and oxygen atoms in total. The molecule has 148 valence electrons. The van der Waals surface area contributed by atoms with Gasteiger partial charge in [0.25, 0.3) is 0 Å². The summed E-state index contributed by atoms with van der Waals surface area (Å²) in [4.78, 5) is 19.7. The van der Waals surface area contributed by atoms with Crippen LogP contribution in [0, 0.1) is 5.82 Å².